The standard InChI is InChI=1S/C20H19ClF4N2O2/c21-15-14(20(23,24)25)8-11-26-16(15)18(28)27-17(12-4-2-1-3-5-12)19(29)9-6-13(22)7-10-19/h1-5,8,11,13,17,29H,6-7,9-10H2,(H,27,28). The lowest BCUT2D eigenvalue weighted by Gasteiger charge is -2.40. The Kier molecular flexibility index (Phi) is 6.14. The maximum absolute atomic E-state index is 13.6. The average molecular weight is 431 g/mol. The summed E-state index contributed by atoms with van der Waals surface area (Å²) in [5, 5.41) is 12.9. The Morgan fingerprint density at radius 2 is 1.83 bits per heavy atom. The number of benzene rings is 1. The second kappa shape index (κ2) is 8.28. The fourth-order valence-electron chi connectivity index (χ4n) is 3.56. The third-order valence-electron chi connectivity index (χ3n) is 5.14. The first-order valence-electron chi connectivity index (χ1n) is 9.06. The van der Waals surface area contributed by atoms with Crippen molar-refractivity contribution in [1.82, 2.24) is 10.3 Å². The number of carbonyl (C=O) groups excluding carboxylic acids is 1. The predicted octanol–water partition coefficient (Wildman–Crippen LogP) is 4.87. The normalized spacial score (nSPS) is 23.4. The van der Waals surface area contributed by atoms with E-state index in [0.29, 0.717) is 11.6 Å². The molecule has 0 radical (unpaired) electrons. The molecular formula is C20H19ClF4N2O2. The summed E-state index contributed by atoms with van der Waals surface area (Å²) in [6, 6.07) is 8.22. The monoisotopic (exact) mass is 430 g/mol. The lowest BCUT2D eigenvalue weighted by molar-refractivity contribution is -0.137. The van der Waals surface area contributed by atoms with Crippen LogP contribution in [0.3, 0.4) is 0 Å². The van der Waals surface area contributed by atoms with Gasteiger partial charge in [0.15, 0.2) is 0 Å². The Balaban J connectivity index is 1.94. The van der Waals surface area contributed by atoms with Crippen LogP contribution in [0.25, 0.3) is 0 Å². The first kappa shape index (κ1) is 21.5. The molecular weight excluding hydrogens is 412 g/mol. The van der Waals surface area contributed by atoms with Gasteiger partial charge in [0.2, 0.25) is 0 Å². The minimum atomic E-state index is -4.74. The Bertz CT molecular complexity index is 869. The first-order chi connectivity index (χ1) is 13.6. The molecule has 1 aliphatic carbocycles. The van der Waals surface area contributed by atoms with Crippen LogP contribution in [0, 0.1) is 0 Å². The zero-order chi connectivity index (χ0) is 21.2. The summed E-state index contributed by atoms with van der Waals surface area (Å²) in [5.41, 5.74) is -2.67. The molecule has 1 aliphatic rings. The molecule has 2 aromatic rings. The van der Waals surface area contributed by atoms with Gasteiger partial charge in [-0.15, -0.1) is 0 Å². The molecule has 0 aliphatic heterocycles. The number of hydrogen-bond donors (Lipinski definition) is 2. The summed E-state index contributed by atoms with van der Waals surface area (Å²) in [5.74, 6) is -0.953. The van der Waals surface area contributed by atoms with Crippen molar-refractivity contribution in [1.29, 1.82) is 0 Å². The van der Waals surface area contributed by atoms with E-state index in [1.165, 1.54) is 0 Å². The van der Waals surface area contributed by atoms with Crippen LogP contribution in [0.15, 0.2) is 42.6 Å². The van der Waals surface area contributed by atoms with Crippen molar-refractivity contribution in [3.05, 3.63) is 64.4 Å². The lowest BCUT2D eigenvalue weighted by Crippen LogP contribution is -2.48. The first-order valence-corrected chi connectivity index (χ1v) is 9.43. The van der Waals surface area contributed by atoms with Crippen LogP contribution >= 0.6 is 11.6 Å². The molecule has 1 fully saturated rings. The second-order valence-electron chi connectivity index (χ2n) is 7.11. The van der Waals surface area contributed by atoms with E-state index < -0.39 is 46.2 Å². The second-order valence-corrected chi connectivity index (χ2v) is 7.49. The van der Waals surface area contributed by atoms with Crippen LogP contribution in [0.5, 0.6) is 0 Å². The van der Waals surface area contributed by atoms with E-state index in [-0.39, 0.29) is 25.7 Å². The zero-order valence-corrected chi connectivity index (χ0v) is 16.0. The van der Waals surface area contributed by atoms with E-state index in [1.54, 1.807) is 30.3 Å². The number of rotatable bonds is 4. The van der Waals surface area contributed by atoms with E-state index >= 15 is 0 Å². The highest BCUT2D eigenvalue weighted by atomic mass is 35.5. The van der Waals surface area contributed by atoms with Gasteiger partial charge in [0.05, 0.1) is 22.2 Å². The summed E-state index contributed by atoms with van der Waals surface area (Å²) < 4.78 is 52.9. The number of amides is 1. The molecule has 0 spiro atoms. The molecule has 3 rings (SSSR count). The number of carbonyl (C=O) groups is 1. The van der Waals surface area contributed by atoms with Gasteiger partial charge in [-0.1, -0.05) is 41.9 Å². The highest BCUT2D eigenvalue weighted by Crippen LogP contribution is 2.40. The van der Waals surface area contributed by atoms with Gasteiger partial charge < -0.3 is 10.4 Å². The summed E-state index contributed by atoms with van der Waals surface area (Å²) in [6.07, 6.45) is -4.50. The third kappa shape index (κ3) is 4.70. The highest BCUT2D eigenvalue weighted by molar-refractivity contribution is 6.34. The van der Waals surface area contributed by atoms with Crippen molar-refractivity contribution in [2.24, 2.45) is 0 Å². The van der Waals surface area contributed by atoms with Crippen LogP contribution in [0.1, 0.15) is 53.3 Å². The van der Waals surface area contributed by atoms with Gasteiger partial charge >= 0.3 is 6.18 Å². The molecule has 9 heteroatoms. The molecule has 1 unspecified atom stereocenters. The van der Waals surface area contributed by atoms with E-state index in [0.717, 1.165) is 6.20 Å². The van der Waals surface area contributed by atoms with Crippen molar-refractivity contribution in [3.8, 4) is 0 Å². The number of halogens is 5. The van der Waals surface area contributed by atoms with E-state index in [2.05, 4.69) is 10.3 Å². The average Bonchev–Trinajstić information content (AvgIpc) is 2.68. The zero-order valence-electron chi connectivity index (χ0n) is 15.2. The van der Waals surface area contributed by atoms with Crippen molar-refractivity contribution in [2.75, 3.05) is 0 Å². The minimum absolute atomic E-state index is 0.0950. The van der Waals surface area contributed by atoms with Gasteiger partial charge in [0.25, 0.3) is 5.91 Å². The Labute approximate surface area is 169 Å². The van der Waals surface area contributed by atoms with Gasteiger partial charge in [-0.25, -0.2) is 9.37 Å². The van der Waals surface area contributed by atoms with Crippen molar-refractivity contribution in [3.63, 3.8) is 0 Å². The third-order valence-corrected chi connectivity index (χ3v) is 5.52. The fourth-order valence-corrected chi connectivity index (χ4v) is 3.87. The minimum Gasteiger partial charge on any atom is -0.387 e. The van der Waals surface area contributed by atoms with Gasteiger partial charge in [-0.05, 0) is 37.3 Å². The van der Waals surface area contributed by atoms with Crippen LogP contribution < -0.4 is 5.32 Å². The number of pyridine rings is 1. The van der Waals surface area contributed by atoms with Crippen LogP contribution in [-0.2, 0) is 6.18 Å². The summed E-state index contributed by atoms with van der Waals surface area (Å²) in [6.45, 7) is 0. The summed E-state index contributed by atoms with van der Waals surface area (Å²) in [7, 11) is 0. The SMILES string of the molecule is O=C(NC(c1ccccc1)C1(O)CCC(F)CC1)c1nccc(C(F)(F)F)c1Cl. The largest absolute Gasteiger partial charge is 0.417 e. The van der Waals surface area contributed by atoms with Crippen LogP contribution in [0.2, 0.25) is 5.02 Å². The Hall–Kier alpha value is -2.19. The number of aromatic nitrogens is 1. The molecule has 1 aromatic carbocycles. The Morgan fingerprint density at radius 3 is 2.41 bits per heavy atom. The van der Waals surface area contributed by atoms with Gasteiger partial charge in [0, 0.05) is 6.20 Å². The summed E-state index contributed by atoms with van der Waals surface area (Å²) in [4.78, 5) is 16.5. The predicted molar refractivity (Wildman–Crippen MR) is 99.2 cm³/mol. The van der Waals surface area contributed by atoms with E-state index in [9.17, 15) is 27.5 Å². The number of nitrogens with one attached hydrogen (secondary N) is 1. The van der Waals surface area contributed by atoms with Gasteiger partial charge in [-0.2, -0.15) is 13.2 Å². The van der Waals surface area contributed by atoms with Gasteiger partial charge in [-0.3, -0.25) is 4.79 Å². The molecule has 156 valence electrons. The molecule has 1 amide bonds. The molecule has 1 atom stereocenters. The van der Waals surface area contributed by atoms with E-state index in [4.69, 9.17) is 11.6 Å². The number of alkyl halides is 4. The molecule has 1 saturated carbocycles. The highest BCUT2D eigenvalue weighted by Gasteiger charge is 2.43. The molecule has 1 aromatic heterocycles. The topological polar surface area (TPSA) is 62.2 Å². The quantitative estimate of drug-likeness (QED) is 0.680. The van der Waals surface area contributed by atoms with E-state index in [1.807, 2.05) is 0 Å². The molecule has 29 heavy (non-hydrogen) atoms. The fraction of sp³-hybridized carbons (Fsp3) is 0.400. The Morgan fingerprint density at radius 1 is 1.21 bits per heavy atom. The molecule has 2 N–H and O–H groups in total. The molecule has 4 nitrogen and oxygen atoms in total. The van der Waals surface area contributed by atoms with Crippen molar-refractivity contribution >= 4 is 17.5 Å². The number of nitrogens with zero attached hydrogens (tertiary/aromatic N) is 1. The van der Waals surface area contributed by atoms with Gasteiger partial charge in [0.1, 0.15) is 11.9 Å². The molecule has 0 bridgehead atoms. The molecule has 1 heterocycles. The lowest BCUT2D eigenvalue weighted by atomic mass is 9.76. The van der Waals surface area contributed by atoms with Crippen LogP contribution in [-0.4, -0.2) is 27.8 Å². The number of aliphatic hydroxyl groups is 1. The number of hydrogen-bond acceptors (Lipinski definition) is 3. The summed E-state index contributed by atoms with van der Waals surface area (Å²) >= 11 is 5.80. The van der Waals surface area contributed by atoms with Crippen LogP contribution in [0.4, 0.5) is 17.6 Å². The smallest absolute Gasteiger partial charge is 0.387 e. The maximum Gasteiger partial charge on any atom is 0.417 e. The van der Waals surface area contributed by atoms with Crippen molar-refractivity contribution in [2.45, 2.75) is 49.7 Å². The maximum atomic E-state index is 13.6. The molecule has 0 saturated heterocycles. The van der Waals surface area contributed by atoms with Crippen molar-refractivity contribution < 1.29 is 27.5 Å².